The van der Waals surface area contributed by atoms with Gasteiger partial charge in [-0.3, -0.25) is 14.6 Å². The number of aldehydes is 1. The predicted molar refractivity (Wildman–Crippen MR) is 119 cm³/mol. The number of rotatable bonds is 10. The summed E-state index contributed by atoms with van der Waals surface area (Å²) >= 11 is 0. The summed E-state index contributed by atoms with van der Waals surface area (Å²) in [4.78, 5) is 42.4. The van der Waals surface area contributed by atoms with E-state index in [1.165, 1.54) is 19.3 Å². The third kappa shape index (κ3) is 8.10. The number of carbonyl (C=O) groups is 3. The molecule has 0 spiro atoms. The van der Waals surface area contributed by atoms with Crippen LogP contribution < -0.4 is 22.5 Å². The van der Waals surface area contributed by atoms with Gasteiger partial charge in [0.2, 0.25) is 11.8 Å². The van der Waals surface area contributed by atoms with E-state index in [0.717, 1.165) is 19.3 Å². The molecule has 2 amide bonds. The molecule has 3 atom stereocenters. The van der Waals surface area contributed by atoms with Gasteiger partial charge in [0.05, 0.1) is 12.1 Å². The van der Waals surface area contributed by atoms with E-state index < -0.39 is 18.1 Å². The van der Waals surface area contributed by atoms with E-state index in [9.17, 15) is 14.4 Å². The summed E-state index contributed by atoms with van der Waals surface area (Å²) in [6, 6.07) is -1.74. The smallest absolute Gasteiger partial charge is 0.243 e. The lowest BCUT2D eigenvalue weighted by Crippen LogP contribution is -2.53. The monoisotopic (exact) mass is 444 g/mol. The molecular weight excluding hydrogens is 408 g/mol. The summed E-state index contributed by atoms with van der Waals surface area (Å²) < 4.78 is 0. The molecule has 0 radical (unpaired) electrons. The zero-order chi connectivity index (χ0) is 21.2. The Morgan fingerprint density at radius 3 is 2.47 bits per heavy atom. The van der Waals surface area contributed by atoms with Gasteiger partial charge in [0.1, 0.15) is 12.3 Å². The summed E-state index contributed by atoms with van der Waals surface area (Å²) in [7, 11) is 0. The third-order valence-corrected chi connectivity index (χ3v) is 5.93. The largest absolute Gasteiger partial charge is 0.370 e. The van der Waals surface area contributed by atoms with Crippen molar-refractivity contribution in [2.45, 2.75) is 82.3 Å². The maximum atomic E-state index is 12.9. The Kier molecular flexibility index (Phi) is 11.7. The van der Waals surface area contributed by atoms with Crippen LogP contribution in [0.1, 0.15) is 64.2 Å². The summed E-state index contributed by atoms with van der Waals surface area (Å²) in [5.41, 5.74) is 16.8. The Bertz CT molecular complexity index is 593. The van der Waals surface area contributed by atoms with Crippen LogP contribution in [-0.4, -0.2) is 60.2 Å². The van der Waals surface area contributed by atoms with Crippen LogP contribution in [0.4, 0.5) is 0 Å². The molecule has 172 valence electrons. The van der Waals surface area contributed by atoms with Crippen molar-refractivity contribution in [3.63, 3.8) is 0 Å². The number of halogens is 1. The van der Waals surface area contributed by atoms with Crippen molar-refractivity contribution in [1.82, 2.24) is 10.2 Å². The molecule has 2 aliphatic rings. The molecule has 2 rings (SSSR count). The number of aliphatic imine (C=N–C) groups is 1. The van der Waals surface area contributed by atoms with E-state index in [-0.39, 0.29) is 30.2 Å². The molecule has 0 aromatic heterocycles. The van der Waals surface area contributed by atoms with Gasteiger partial charge in [0.25, 0.3) is 0 Å². The van der Waals surface area contributed by atoms with Crippen LogP contribution in [0.2, 0.25) is 0 Å². The molecule has 0 aromatic rings. The Morgan fingerprint density at radius 1 is 1.13 bits per heavy atom. The summed E-state index contributed by atoms with van der Waals surface area (Å²) in [5, 5.41) is 2.75. The number of likely N-dealkylation sites (tertiary alicyclic amines) is 1. The van der Waals surface area contributed by atoms with Crippen molar-refractivity contribution in [3.8, 4) is 0 Å². The van der Waals surface area contributed by atoms with Gasteiger partial charge in [-0.15, -0.1) is 12.4 Å². The van der Waals surface area contributed by atoms with E-state index in [4.69, 9.17) is 17.2 Å². The van der Waals surface area contributed by atoms with Gasteiger partial charge in [-0.25, -0.2) is 0 Å². The first-order valence-electron chi connectivity index (χ1n) is 10.8. The zero-order valence-electron chi connectivity index (χ0n) is 17.6. The fourth-order valence-electron chi connectivity index (χ4n) is 4.37. The Balaban J connectivity index is 0.00000450. The lowest BCUT2D eigenvalue weighted by Gasteiger charge is -2.30. The van der Waals surface area contributed by atoms with E-state index in [2.05, 4.69) is 10.3 Å². The van der Waals surface area contributed by atoms with Gasteiger partial charge in [0.15, 0.2) is 5.96 Å². The molecule has 1 aliphatic heterocycles. The summed E-state index contributed by atoms with van der Waals surface area (Å²) in [6.07, 6.45) is 9.69. The quantitative estimate of drug-likeness (QED) is 0.165. The van der Waals surface area contributed by atoms with Gasteiger partial charge in [0, 0.05) is 13.1 Å². The average Bonchev–Trinajstić information content (AvgIpc) is 3.20. The van der Waals surface area contributed by atoms with Crippen LogP contribution in [0.3, 0.4) is 0 Å². The molecule has 30 heavy (non-hydrogen) atoms. The second kappa shape index (κ2) is 13.4. The van der Waals surface area contributed by atoms with E-state index in [0.29, 0.717) is 51.0 Å². The highest BCUT2D eigenvalue weighted by Gasteiger charge is 2.37. The van der Waals surface area contributed by atoms with E-state index in [1.807, 2.05) is 0 Å². The van der Waals surface area contributed by atoms with E-state index >= 15 is 0 Å². The van der Waals surface area contributed by atoms with Crippen molar-refractivity contribution in [3.05, 3.63) is 0 Å². The third-order valence-electron chi connectivity index (χ3n) is 5.93. The second-order valence-corrected chi connectivity index (χ2v) is 8.24. The first-order chi connectivity index (χ1) is 13.9. The molecule has 0 bridgehead atoms. The number of amides is 2. The first-order valence-corrected chi connectivity index (χ1v) is 10.8. The van der Waals surface area contributed by atoms with Crippen LogP contribution in [0, 0.1) is 5.92 Å². The number of carbonyl (C=O) groups excluding carboxylic acids is 3. The highest BCUT2D eigenvalue weighted by Crippen LogP contribution is 2.28. The molecule has 1 heterocycles. The van der Waals surface area contributed by atoms with Crippen molar-refractivity contribution in [1.29, 1.82) is 0 Å². The molecule has 2 fully saturated rings. The Hall–Kier alpha value is -1.87. The zero-order valence-corrected chi connectivity index (χ0v) is 18.4. The van der Waals surface area contributed by atoms with Crippen molar-refractivity contribution < 1.29 is 14.4 Å². The van der Waals surface area contributed by atoms with Crippen LogP contribution in [0.5, 0.6) is 0 Å². The normalized spacial score (nSPS) is 21.2. The highest BCUT2D eigenvalue weighted by molar-refractivity contribution is 5.91. The maximum Gasteiger partial charge on any atom is 0.243 e. The van der Waals surface area contributed by atoms with Gasteiger partial charge in [-0.1, -0.05) is 32.1 Å². The number of nitrogens with two attached hydrogens (primary N) is 3. The van der Waals surface area contributed by atoms with Gasteiger partial charge < -0.3 is 32.2 Å². The topological polar surface area (TPSA) is 157 Å². The highest BCUT2D eigenvalue weighted by atomic mass is 35.5. The molecular formula is C20H37ClN6O3. The molecule has 1 saturated carbocycles. The Labute approximate surface area is 185 Å². The standard InChI is InChI=1S/C20H36N6O3.ClH/c21-16(12-14-6-2-1-3-7-14)19(29)26-11-5-9-17(26)18(28)25-15(13-27)8-4-10-24-20(22)23;/h13-17H,1-12,21H2,(H,25,28)(H4,22,23,24);1H/t15-,16+,17-;/m0./s1. The van der Waals surface area contributed by atoms with Crippen LogP contribution in [0.15, 0.2) is 4.99 Å². The SMILES string of the molecule is Cl.NC(N)=NCCC[C@@H](C=O)NC(=O)[C@@H]1CCCN1C(=O)[C@H](N)CC1CCCCC1. The van der Waals surface area contributed by atoms with Crippen molar-refractivity contribution >= 4 is 36.5 Å². The fraction of sp³-hybridized carbons (Fsp3) is 0.800. The maximum absolute atomic E-state index is 12.9. The van der Waals surface area contributed by atoms with Crippen LogP contribution in [-0.2, 0) is 14.4 Å². The molecule has 10 heteroatoms. The van der Waals surface area contributed by atoms with Crippen molar-refractivity contribution in [2.24, 2.45) is 28.1 Å². The van der Waals surface area contributed by atoms with Crippen LogP contribution in [0.25, 0.3) is 0 Å². The van der Waals surface area contributed by atoms with Gasteiger partial charge in [-0.2, -0.15) is 0 Å². The number of guanidine groups is 1. The number of hydrogen-bond donors (Lipinski definition) is 4. The number of nitrogens with zero attached hydrogens (tertiary/aromatic N) is 2. The minimum absolute atomic E-state index is 0. The molecule has 7 N–H and O–H groups in total. The molecule has 1 saturated heterocycles. The molecule has 9 nitrogen and oxygen atoms in total. The summed E-state index contributed by atoms with van der Waals surface area (Å²) in [6.45, 7) is 0.929. The van der Waals surface area contributed by atoms with Crippen LogP contribution >= 0.6 is 12.4 Å². The molecule has 1 aliphatic carbocycles. The predicted octanol–water partition coefficient (Wildman–Crippen LogP) is 0.434. The minimum atomic E-state index is -0.620. The lowest BCUT2D eigenvalue weighted by atomic mass is 9.84. The molecule has 0 unspecified atom stereocenters. The minimum Gasteiger partial charge on any atom is -0.370 e. The average molecular weight is 445 g/mol. The summed E-state index contributed by atoms with van der Waals surface area (Å²) in [5.74, 6) is 0.0619. The molecule has 0 aromatic carbocycles. The van der Waals surface area contributed by atoms with Gasteiger partial charge in [-0.05, 0) is 38.0 Å². The fourth-order valence-corrected chi connectivity index (χ4v) is 4.37. The van der Waals surface area contributed by atoms with Gasteiger partial charge >= 0.3 is 0 Å². The lowest BCUT2D eigenvalue weighted by molar-refractivity contribution is -0.140. The van der Waals surface area contributed by atoms with E-state index in [1.54, 1.807) is 4.90 Å². The Morgan fingerprint density at radius 2 is 1.83 bits per heavy atom. The first kappa shape index (κ1) is 26.2. The number of nitrogens with one attached hydrogen (secondary N) is 1. The number of hydrogen-bond acceptors (Lipinski definition) is 5. The second-order valence-electron chi connectivity index (χ2n) is 8.24. The van der Waals surface area contributed by atoms with Crippen molar-refractivity contribution in [2.75, 3.05) is 13.1 Å².